The first-order valence-electron chi connectivity index (χ1n) is 9.63. The third-order valence-corrected chi connectivity index (χ3v) is 5.97. The molecular formula is C21H27ClN4O3S. The van der Waals surface area contributed by atoms with Crippen molar-refractivity contribution < 1.29 is 14.4 Å². The van der Waals surface area contributed by atoms with E-state index in [1.54, 1.807) is 18.2 Å². The second kappa shape index (κ2) is 11.1. The number of carbonyl (C=O) groups is 3. The summed E-state index contributed by atoms with van der Waals surface area (Å²) in [4.78, 5) is 39.1. The number of likely N-dealkylation sites (N-methyl/N-ethyl adjacent to an activating group) is 1. The van der Waals surface area contributed by atoms with Gasteiger partial charge in [0.25, 0.3) is 5.91 Å². The summed E-state index contributed by atoms with van der Waals surface area (Å²) in [7, 11) is 2.05. The van der Waals surface area contributed by atoms with Crippen molar-refractivity contribution in [3.05, 3.63) is 50.7 Å². The number of nitrogens with one attached hydrogen (secondary N) is 2. The van der Waals surface area contributed by atoms with Gasteiger partial charge in [-0.15, -0.1) is 11.3 Å². The standard InChI is InChI=1S/C21H27ClN4O3S/c1-4-26(3)10-9-14-11-15(6-5-13(14)2)24-20(28)16(12-19(23)27)25-21(29)17-7-8-18(22)30-17/h5-8,11,16H,4,9-10,12H2,1-3H3,(H2,23,27)(H,24,28)(H,25,29)/t16-/m1/s1. The molecule has 1 atom stereocenters. The molecule has 9 heteroatoms. The zero-order valence-electron chi connectivity index (χ0n) is 17.3. The topological polar surface area (TPSA) is 105 Å². The van der Waals surface area contributed by atoms with Crippen LogP contribution in [0.5, 0.6) is 0 Å². The fourth-order valence-electron chi connectivity index (χ4n) is 2.79. The van der Waals surface area contributed by atoms with Gasteiger partial charge >= 0.3 is 0 Å². The van der Waals surface area contributed by atoms with E-state index in [-0.39, 0.29) is 6.42 Å². The predicted octanol–water partition coefficient (Wildman–Crippen LogP) is 2.82. The zero-order valence-corrected chi connectivity index (χ0v) is 18.9. The number of rotatable bonds is 10. The van der Waals surface area contributed by atoms with E-state index in [9.17, 15) is 14.4 Å². The molecule has 30 heavy (non-hydrogen) atoms. The summed E-state index contributed by atoms with van der Waals surface area (Å²) in [6.45, 7) is 5.98. The first-order chi connectivity index (χ1) is 14.2. The van der Waals surface area contributed by atoms with Gasteiger partial charge in [0.05, 0.1) is 15.6 Å². The number of anilines is 1. The van der Waals surface area contributed by atoms with Gasteiger partial charge in [-0.3, -0.25) is 14.4 Å². The summed E-state index contributed by atoms with van der Waals surface area (Å²) >= 11 is 6.95. The van der Waals surface area contributed by atoms with Crippen LogP contribution in [0, 0.1) is 6.92 Å². The molecule has 1 aromatic heterocycles. The molecule has 2 aromatic rings. The molecule has 0 saturated carbocycles. The molecule has 0 unspecified atom stereocenters. The zero-order chi connectivity index (χ0) is 22.3. The van der Waals surface area contributed by atoms with Crippen molar-refractivity contribution in [1.82, 2.24) is 10.2 Å². The predicted molar refractivity (Wildman–Crippen MR) is 121 cm³/mol. The van der Waals surface area contributed by atoms with Gasteiger partial charge in [-0.25, -0.2) is 0 Å². The number of nitrogens with two attached hydrogens (primary N) is 1. The van der Waals surface area contributed by atoms with E-state index in [0.717, 1.165) is 42.0 Å². The number of hydrogen-bond acceptors (Lipinski definition) is 5. The number of hydrogen-bond donors (Lipinski definition) is 3. The van der Waals surface area contributed by atoms with E-state index in [0.29, 0.717) is 14.9 Å². The van der Waals surface area contributed by atoms with E-state index in [1.807, 2.05) is 19.1 Å². The molecule has 4 N–H and O–H groups in total. The van der Waals surface area contributed by atoms with Gasteiger partial charge in [-0.1, -0.05) is 24.6 Å². The highest BCUT2D eigenvalue weighted by Gasteiger charge is 2.24. The molecule has 1 heterocycles. The first-order valence-corrected chi connectivity index (χ1v) is 10.8. The molecule has 0 spiro atoms. The molecule has 0 radical (unpaired) electrons. The highest BCUT2D eigenvalue weighted by atomic mass is 35.5. The monoisotopic (exact) mass is 450 g/mol. The number of aryl methyl sites for hydroxylation is 1. The van der Waals surface area contributed by atoms with Crippen molar-refractivity contribution in [2.45, 2.75) is 32.7 Å². The van der Waals surface area contributed by atoms with Crippen LogP contribution in [-0.4, -0.2) is 48.8 Å². The van der Waals surface area contributed by atoms with Crippen molar-refractivity contribution >= 4 is 46.3 Å². The van der Waals surface area contributed by atoms with Gasteiger partial charge in [-0.05, 0) is 62.3 Å². The Bertz CT molecular complexity index is 915. The summed E-state index contributed by atoms with van der Waals surface area (Å²) in [5.41, 5.74) is 8.13. The lowest BCUT2D eigenvalue weighted by atomic mass is 10.0. The maximum atomic E-state index is 12.8. The van der Waals surface area contributed by atoms with Crippen molar-refractivity contribution in [3.63, 3.8) is 0 Å². The van der Waals surface area contributed by atoms with Gasteiger partial charge in [0.2, 0.25) is 11.8 Å². The molecule has 0 aliphatic carbocycles. The Hall–Kier alpha value is -2.42. The minimum absolute atomic E-state index is 0.309. The summed E-state index contributed by atoms with van der Waals surface area (Å²) in [5, 5.41) is 5.35. The maximum absolute atomic E-state index is 12.8. The summed E-state index contributed by atoms with van der Waals surface area (Å²) in [5.74, 6) is -1.68. The average molecular weight is 451 g/mol. The highest BCUT2D eigenvalue weighted by molar-refractivity contribution is 7.18. The molecule has 0 aliphatic rings. The second-order valence-electron chi connectivity index (χ2n) is 7.08. The number of primary amides is 1. The Morgan fingerprint density at radius 1 is 1.23 bits per heavy atom. The van der Waals surface area contributed by atoms with Crippen LogP contribution in [0.4, 0.5) is 5.69 Å². The summed E-state index contributed by atoms with van der Waals surface area (Å²) in [6.07, 6.45) is 0.539. The lowest BCUT2D eigenvalue weighted by molar-refractivity contribution is -0.123. The Labute approximate surface area is 185 Å². The molecular weight excluding hydrogens is 424 g/mol. The number of benzene rings is 1. The van der Waals surface area contributed by atoms with Crippen LogP contribution in [-0.2, 0) is 16.0 Å². The molecule has 162 valence electrons. The van der Waals surface area contributed by atoms with Gasteiger partial charge in [0.1, 0.15) is 6.04 Å². The number of thiophene rings is 1. The molecule has 0 aliphatic heterocycles. The number of halogens is 1. The fraction of sp³-hybridized carbons (Fsp3) is 0.381. The number of amides is 3. The Morgan fingerprint density at radius 2 is 1.97 bits per heavy atom. The van der Waals surface area contributed by atoms with Crippen molar-refractivity contribution in [2.75, 3.05) is 25.5 Å². The van der Waals surface area contributed by atoms with E-state index in [4.69, 9.17) is 17.3 Å². The summed E-state index contributed by atoms with van der Waals surface area (Å²) in [6, 6.07) is 7.70. The quantitative estimate of drug-likeness (QED) is 0.517. The van der Waals surface area contributed by atoms with Crippen LogP contribution in [0.15, 0.2) is 30.3 Å². The van der Waals surface area contributed by atoms with Gasteiger partial charge in [0.15, 0.2) is 0 Å². The maximum Gasteiger partial charge on any atom is 0.262 e. The van der Waals surface area contributed by atoms with Gasteiger partial charge in [0, 0.05) is 12.2 Å². The molecule has 1 aromatic carbocycles. The molecule has 2 rings (SSSR count). The van der Waals surface area contributed by atoms with E-state index < -0.39 is 23.8 Å². The minimum Gasteiger partial charge on any atom is -0.370 e. The fourth-order valence-corrected chi connectivity index (χ4v) is 3.74. The molecule has 7 nitrogen and oxygen atoms in total. The van der Waals surface area contributed by atoms with Crippen LogP contribution in [0.25, 0.3) is 0 Å². The number of carbonyl (C=O) groups excluding carboxylic acids is 3. The van der Waals surface area contributed by atoms with Crippen LogP contribution >= 0.6 is 22.9 Å². The summed E-state index contributed by atoms with van der Waals surface area (Å²) < 4.78 is 0.456. The van der Waals surface area contributed by atoms with E-state index in [2.05, 4.69) is 29.5 Å². The van der Waals surface area contributed by atoms with E-state index >= 15 is 0 Å². The smallest absolute Gasteiger partial charge is 0.262 e. The van der Waals surface area contributed by atoms with Crippen LogP contribution < -0.4 is 16.4 Å². The largest absolute Gasteiger partial charge is 0.370 e. The van der Waals surface area contributed by atoms with E-state index in [1.165, 1.54) is 0 Å². The third kappa shape index (κ3) is 7.12. The molecule has 3 amide bonds. The van der Waals surface area contributed by atoms with Gasteiger partial charge in [-0.2, -0.15) is 0 Å². The molecule has 0 saturated heterocycles. The normalized spacial score (nSPS) is 11.9. The first kappa shape index (κ1) is 23.9. The van der Waals surface area contributed by atoms with Crippen LogP contribution in [0.1, 0.15) is 34.1 Å². The average Bonchev–Trinajstić information content (AvgIpc) is 3.13. The van der Waals surface area contributed by atoms with Crippen LogP contribution in [0.2, 0.25) is 4.34 Å². The minimum atomic E-state index is -1.09. The van der Waals surface area contributed by atoms with Crippen LogP contribution in [0.3, 0.4) is 0 Å². The Balaban J connectivity index is 2.10. The molecule has 0 bridgehead atoms. The lowest BCUT2D eigenvalue weighted by Crippen LogP contribution is -2.45. The number of nitrogens with zero attached hydrogens (tertiary/aromatic N) is 1. The Morgan fingerprint density at radius 3 is 2.57 bits per heavy atom. The molecule has 0 fully saturated rings. The van der Waals surface area contributed by atoms with Crippen molar-refractivity contribution in [2.24, 2.45) is 5.73 Å². The highest BCUT2D eigenvalue weighted by Crippen LogP contribution is 2.21. The van der Waals surface area contributed by atoms with Crippen molar-refractivity contribution in [1.29, 1.82) is 0 Å². The Kier molecular flexibility index (Phi) is 8.83. The lowest BCUT2D eigenvalue weighted by Gasteiger charge is -2.18. The SMILES string of the molecule is CCN(C)CCc1cc(NC(=O)[C@@H](CC(N)=O)NC(=O)c2ccc(Cl)s2)ccc1C. The van der Waals surface area contributed by atoms with Gasteiger partial charge < -0.3 is 21.3 Å². The second-order valence-corrected chi connectivity index (χ2v) is 8.79. The van der Waals surface area contributed by atoms with Crippen molar-refractivity contribution in [3.8, 4) is 0 Å². The third-order valence-electron chi connectivity index (χ3n) is 4.74.